The average Bonchev–Trinajstić information content (AvgIpc) is 2.76. The van der Waals surface area contributed by atoms with E-state index in [0.29, 0.717) is 0 Å². The number of aromatic nitrogens is 3. The Morgan fingerprint density at radius 3 is 2.78 bits per heavy atom. The van der Waals surface area contributed by atoms with Crippen LogP contribution in [0.15, 0.2) is 6.20 Å². The van der Waals surface area contributed by atoms with Crippen LogP contribution < -0.4 is 10.6 Å². The Balaban J connectivity index is 2.02. The van der Waals surface area contributed by atoms with Crippen LogP contribution >= 0.6 is 0 Å². The third-order valence-corrected chi connectivity index (χ3v) is 2.99. The molecule has 0 aliphatic carbocycles. The fourth-order valence-corrected chi connectivity index (χ4v) is 1.49. The second-order valence-corrected chi connectivity index (χ2v) is 4.73. The highest BCUT2D eigenvalue weighted by molar-refractivity contribution is 5.92. The minimum absolute atomic E-state index is 0.176. The molecule has 1 aromatic rings. The van der Waals surface area contributed by atoms with Gasteiger partial charge in [0.05, 0.1) is 31.0 Å². The van der Waals surface area contributed by atoms with E-state index in [-0.39, 0.29) is 24.9 Å². The summed E-state index contributed by atoms with van der Waals surface area (Å²) in [5.74, 6) is -0.459. The third kappa shape index (κ3) is 2.50. The Hall–Kier alpha value is -1.51. The first kappa shape index (κ1) is 12.9. The van der Waals surface area contributed by atoms with Crippen LogP contribution in [0.1, 0.15) is 23.5 Å². The maximum absolute atomic E-state index is 11.9. The van der Waals surface area contributed by atoms with Crippen LogP contribution in [-0.2, 0) is 0 Å². The van der Waals surface area contributed by atoms with Crippen molar-refractivity contribution in [3.8, 4) is 0 Å². The summed E-state index contributed by atoms with van der Waals surface area (Å²) >= 11 is 0. The van der Waals surface area contributed by atoms with Crippen LogP contribution in [0.25, 0.3) is 0 Å². The van der Waals surface area contributed by atoms with Crippen molar-refractivity contribution in [2.75, 3.05) is 26.3 Å². The molecule has 1 aliphatic rings. The summed E-state index contributed by atoms with van der Waals surface area (Å²) in [6.07, 6.45) is 1.57. The van der Waals surface area contributed by atoms with E-state index >= 15 is 0 Å². The van der Waals surface area contributed by atoms with Gasteiger partial charge in [0, 0.05) is 13.1 Å². The van der Waals surface area contributed by atoms with Gasteiger partial charge in [-0.15, -0.1) is 5.10 Å². The van der Waals surface area contributed by atoms with E-state index < -0.39 is 11.4 Å². The van der Waals surface area contributed by atoms with Crippen molar-refractivity contribution in [1.29, 1.82) is 0 Å². The maximum atomic E-state index is 11.9. The molecule has 0 spiro atoms. The SMILES string of the molecule is CC(CO)(CO)NC(=O)c1cn(C2CNC2)nn1. The zero-order chi connectivity index (χ0) is 13.2. The van der Waals surface area contributed by atoms with Crippen LogP contribution in [0.2, 0.25) is 0 Å². The van der Waals surface area contributed by atoms with Gasteiger partial charge < -0.3 is 20.8 Å². The summed E-state index contributed by atoms with van der Waals surface area (Å²) in [6, 6.07) is 0.237. The molecule has 1 fully saturated rings. The smallest absolute Gasteiger partial charge is 0.274 e. The Bertz CT molecular complexity index is 425. The molecular weight excluding hydrogens is 238 g/mol. The van der Waals surface area contributed by atoms with Crippen LogP contribution in [0.4, 0.5) is 0 Å². The first-order valence-electron chi connectivity index (χ1n) is 5.75. The molecule has 0 aromatic carbocycles. The number of nitrogens with one attached hydrogen (secondary N) is 2. The molecule has 0 radical (unpaired) electrons. The zero-order valence-corrected chi connectivity index (χ0v) is 10.1. The summed E-state index contributed by atoms with van der Waals surface area (Å²) < 4.78 is 1.64. The van der Waals surface area contributed by atoms with Crippen LogP contribution in [0.3, 0.4) is 0 Å². The highest BCUT2D eigenvalue weighted by Gasteiger charge is 2.27. The summed E-state index contributed by atoms with van der Waals surface area (Å²) in [5, 5.41) is 31.5. The van der Waals surface area contributed by atoms with Crippen molar-refractivity contribution < 1.29 is 15.0 Å². The topological polar surface area (TPSA) is 112 Å². The van der Waals surface area contributed by atoms with Gasteiger partial charge >= 0.3 is 0 Å². The molecule has 1 saturated heterocycles. The number of rotatable bonds is 5. The minimum Gasteiger partial charge on any atom is -0.394 e. The molecule has 0 bridgehead atoms. The van der Waals surface area contributed by atoms with Gasteiger partial charge in [-0.2, -0.15) is 0 Å². The quantitative estimate of drug-likeness (QED) is 0.479. The molecule has 0 saturated carbocycles. The van der Waals surface area contributed by atoms with Crippen LogP contribution in [0.5, 0.6) is 0 Å². The Kier molecular flexibility index (Phi) is 3.60. The van der Waals surface area contributed by atoms with E-state index in [0.717, 1.165) is 13.1 Å². The molecule has 8 heteroatoms. The normalized spacial score (nSPS) is 16.4. The van der Waals surface area contributed by atoms with E-state index in [1.807, 2.05) is 0 Å². The summed E-state index contributed by atoms with van der Waals surface area (Å²) in [5.41, 5.74) is -0.881. The number of hydrogen-bond donors (Lipinski definition) is 4. The molecule has 100 valence electrons. The summed E-state index contributed by atoms with van der Waals surface area (Å²) in [7, 11) is 0. The number of hydrogen-bond acceptors (Lipinski definition) is 6. The van der Waals surface area contributed by atoms with Crippen molar-refractivity contribution in [3.63, 3.8) is 0 Å². The minimum atomic E-state index is -1.06. The lowest BCUT2D eigenvalue weighted by atomic mass is 10.1. The second kappa shape index (κ2) is 5.01. The first-order chi connectivity index (χ1) is 8.58. The molecule has 1 aromatic heterocycles. The average molecular weight is 255 g/mol. The third-order valence-electron chi connectivity index (χ3n) is 2.99. The van der Waals surface area contributed by atoms with Crippen molar-refractivity contribution in [1.82, 2.24) is 25.6 Å². The van der Waals surface area contributed by atoms with Gasteiger partial charge in [0.2, 0.25) is 0 Å². The first-order valence-corrected chi connectivity index (χ1v) is 5.75. The largest absolute Gasteiger partial charge is 0.394 e. The van der Waals surface area contributed by atoms with Gasteiger partial charge in [0.25, 0.3) is 5.91 Å². The molecule has 4 N–H and O–H groups in total. The highest BCUT2D eigenvalue weighted by atomic mass is 16.3. The monoisotopic (exact) mass is 255 g/mol. The van der Waals surface area contributed by atoms with Gasteiger partial charge in [-0.25, -0.2) is 4.68 Å². The molecule has 0 unspecified atom stereocenters. The molecule has 0 atom stereocenters. The van der Waals surface area contributed by atoms with E-state index in [9.17, 15) is 4.79 Å². The van der Waals surface area contributed by atoms with Gasteiger partial charge in [-0.3, -0.25) is 4.79 Å². The fraction of sp³-hybridized carbons (Fsp3) is 0.700. The van der Waals surface area contributed by atoms with Crippen molar-refractivity contribution >= 4 is 5.91 Å². The maximum Gasteiger partial charge on any atom is 0.274 e. The van der Waals surface area contributed by atoms with E-state index in [1.165, 1.54) is 0 Å². The molecule has 2 rings (SSSR count). The Morgan fingerprint density at radius 1 is 1.61 bits per heavy atom. The van der Waals surface area contributed by atoms with Crippen molar-refractivity contribution in [2.24, 2.45) is 0 Å². The van der Waals surface area contributed by atoms with Crippen LogP contribution in [-0.4, -0.2) is 63.0 Å². The lowest BCUT2D eigenvalue weighted by Gasteiger charge is -2.26. The van der Waals surface area contributed by atoms with E-state index in [2.05, 4.69) is 20.9 Å². The molecule has 1 aliphatic heterocycles. The van der Waals surface area contributed by atoms with Crippen molar-refractivity contribution in [2.45, 2.75) is 18.5 Å². The van der Waals surface area contributed by atoms with Gasteiger partial charge in [-0.1, -0.05) is 5.21 Å². The van der Waals surface area contributed by atoms with Crippen LogP contribution in [0, 0.1) is 0 Å². The lowest BCUT2D eigenvalue weighted by molar-refractivity contribution is 0.0719. The fourth-order valence-electron chi connectivity index (χ4n) is 1.49. The number of aliphatic hydroxyl groups excluding tert-OH is 2. The lowest BCUT2D eigenvalue weighted by Crippen LogP contribution is -2.51. The van der Waals surface area contributed by atoms with E-state index in [1.54, 1.807) is 17.8 Å². The number of amides is 1. The summed E-state index contributed by atoms with van der Waals surface area (Å²) in [6.45, 7) is 2.47. The molecule has 18 heavy (non-hydrogen) atoms. The molecule has 2 heterocycles. The number of carbonyl (C=O) groups excluding carboxylic acids is 1. The predicted octanol–water partition coefficient (Wildman–Crippen LogP) is -2.10. The predicted molar refractivity (Wildman–Crippen MR) is 62.0 cm³/mol. The van der Waals surface area contributed by atoms with Gasteiger partial charge in [0.15, 0.2) is 5.69 Å². The molecule has 1 amide bonds. The molecular formula is C10H17N5O3. The summed E-state index contributed by atoms with van der Waals surface area (Å²) in [4.78, 5) is 11.9. The molecule has 8 nitrogen and oxygen atoms in total. The number of nitrogens with zero attached hydrogens (tertiary/aromatic N) is 3. The van der Waals surface area contributed by atoms with Gasteiger partial charge in [0.1, 0.15) is 0 Å². The van der Waals surface area contributed by atoms with Gasteiger partial charge in [-0.05, 0) is 6.92 Å². The second-order valence-electron chi connectivity index (χ2n) is 4.73. The standard InChI is InChI=1S/C10H17N5O3/c1-10(5-16,6-17)12-9(18)8-4-15(14-13-8)7-2-11-3-7/h4,7,11,16-17H,2-3,5-6H2,1H3,(H,12,18). The van der Waals surface area contributed by atoms with Crippen molar-refractivity contribution in [3.05, 3.63) is 11.9 Å². The number of carbonyl (C=O) groups is 1. The Labute approximate surface area is 104 Å². The Morgan fingerprint density at radius 2 is 2.28 bits per heavy atom. The zero-order valence-electron chi connectivity index (χ0n) is 10.1. The number of aliphatic hydroxyl groups is 2. The van der Waals surface area contributed by atoms with E-state index in [4.69, 9.17) is 10.2 Å². The highest BCUT2D eigenvalue weighted by Crippen LogP contribution is 2.10.